The van der Waals surface area contributed by atoms with E-state index in [1.807, 2.05) is 11.8 Å². The van der Waals surface area contributed by atoms with Crippen LogP contribution in [0.25, 0.3) is 0 Å². The second-order valence-electron chi connectivity index (χ2n) is 6.03. The van der Waals surface area contributed by atoms with Crippen LogP contribution in [0.15, 0.2) is 0 Å². The van der Waals surface area contributed by atoms with Gasteiger partial charge in [0.2, 0.25) is 11.8 Å². The maximum atomic E-state index is 12.2. The fraction of sp³-hybridized carbons (Fsp3) is 0.733. The molecule has 0 unspecified atom stereocenters. The van der Waals surface area contributed by atoms with E-state index < -0.39 is 0 Å². The van der Waals surface area contributed by atoms with Crippen LogP contribution in [0.1, 0.15) is 42.6 Å². The van der Waals surface area contributed by atoms with Gasteiger partial charge in [0.05, 0.1) is 6.54 Å². The van der Waals surface area contributed by atoms with Crippen molar-refractivity contribution in [2.75, 3.05) is 13.1 Å². The number of carbonyl (C=O) groups is 2. The first kappa shape index (κ1) is 15.4. The topological polar surface area (TPSA) is 75.2 Å². The highest BCUT2D eigenvalue weighted by molar-refractivity contribution is 7.11. The number of amides is 2. The molecule has 2 amide bonds. The molecule has 0 bridgehead atoms. The van der Waals surface area contributed by atoms with Gasteiger partial charge in [-0.05, 0) is 32.1 Å². The number of aromatic nitrogens is 2. The molecular formula is C15H22N4O2S. The van der Waals surface area contributed by atoms with Crippen molar-refractivity contribution in [3.05, 3.63) is 10.0 Å². The normalized spacial score (nSPS) is 19.2. The molecule has 0 atom stereocenters. The molecule has 120 valence electrons. The summed E-state index contributed by atoms with van der Waals surface area (Å²) in [5.41, 5.74) is 0. The summed E-state index contributed by atoms with van der Waals surface area (Å²) >= 11 is 1.55. The minimum atomic E-state index is 0.0156. The molecule has 1 aromatic rings. The quantitative estimate of drug-likeness (QED) is 0.888. The van der Waals surface area contributed by atoms with Gasteiger partial charge in [-0.15, -0.1) is 10.2 Å². The van der Waals surface area contributed by atoms with Gasteiger partial charge in [0, 0.05) is 24.9 Å². The average molecular weight is 322 g/mol. The summed E-state index contributed by atoms with van der Waals surface area (Å²) in [6.07, 6.45) is 4.49. The molecule has 1 saturated heterocycles. The van der Waals surface area contributed by atoms with Gasteiger partial charge in [-0.3, -0.25) is 9.59 Å². The van der Waals surface area contributed by atoms with Crippen molar-refractivity contribution in [2.45, 2.75) is 45.6 Å². The maximum Gasteiger partial charge on any atom is 0.225 e. The Bertz CT molecular complexity index is 547. The Morgan fingerprint density at radius 2 is 1.82 bits per heavy atom. The summed E-state index contributed by atoms with van der Waals surface area (Å²) in [4.78, 5) is 26.1. The van der Waals surface area contributed by atoms with Crippen LogP contribution >= 0.6 is 11.3 Å². The van der Waals surface area contributed by atoms with Gasteiger partial charge in [-0.2, -0.15) is 0 Å². The third-order valence-corrected chi connectivity index (χ3v) is 5.40. The highest BCUT2D eigenvalue weighted by Gasteiger charge is 2.35. The Morgan fingerprint density at radius 1 is 1.14 bits per heavy atom. The summed E-state index contributed by atoms with van der Waals surface area (Å²) in [7, 11) is 0. The van der Waals surface area contributed by atoms with Crippen LogP contribution in [0.2, 0.25) is 0 Å². The SMILES string of the molecule is CCc1nnc(CNC(=O)C2CCN(C(=O)C3CC3)CC2)s1. The van der Waals surface area contributed by atoms with Crippen LogP contribution in [-0.4, -0.2) is 40.0 Å². The van der Waals surface area contributed by atoms with E-state index in [0.717, 1.165) is 42.1 Å². The largest absolute Gasteiger partial charge is 0.349 e. The van der Waals surface area contributed by atoms with Gasteiger partial charge < -0.3 is 10.2 Å². The Hall–Kier alpha value is -1.50. The van der Waals surface area contributed by atoms with E-state index in [-0.39, 0.29) is 17.7 Å². The number of rotatable bonds is 5. The van der Waals surface area contributed by atoms with Crippen molar-refractivity contribution in [3.63, 3.8) is 0 Å². The number of aryl methyl sites for hydroxylation is 1. The number of nitrogens with one attached hydrogen (secondary N) is 1. The molecule has 1 aliphatic heterocycles. The molecule has 0 radical (unpaired) electrons. The van der Waals surface area contributed by atoms with Crippen LogP contribution in [-0.2, 0) is 22.6 Å². The van der Waals surface area contributed by atoms with Crippen LogP contribution in [0.3, 0.4) is 0 Å². The monoisotopic (exact) mass is 322 g/mol. The number of hydrogen-bond acceptors (Lipinski definition) is 5. The zero-order valence-electron chi connectivity index (χ0n) is 12.9. The van der Waals surface area contributed by atoms with Crippen LogP contribution in [0.4, 0.5) is 0 Å². The third kappa shape index (κ3) is 3.63. The second-order valence-corrected chi connectivity index (χ2v) is 7.18. The smallest absolute Gasteiger partial charge is 0.225 e. The van der Waals surface area contributed by atoms with Gasteiger partial charge in [-0.25, -0.2) is 0 Å². The minimum absolute atomic E-state index is 0.0156. The number of piperidine rings is 1. The first-order valence-electron chi connectivity index (χ1n) is 8.05. The van der Waals surface area contributed by atoms with Crippen molar-refractivity contribution in [1.82, 2.24) is 20.4 Å². The number of nitrogens with zero attached hydrogens (tertiary/aromatic N) is 3. The van der Waals surface area contributed by atoms with E-state index in [9.17, 15) is 9.59 Å². The highest BCUT2D eigenvalue weighted by Crippen LogP contribution is 2.32. The lowest BCUT2D eigenvalue weighted by atomic mass is 9.95. The van der Waals surface area contributed by atoms with Crippen LogP contribution < -0.4 is 5.32 Å². The van der Waals surface area contributed by atoms with Crippen molar-refractivity contribution in [2.24, 2.45) is 11.8 Å². The summed E-state index contributed by atoms with van der Waals surface area (Å²) in [5, 5.41) is 12.9. The molecule has 2 heterocycles. The molecule has 0 spiro atoms. The van der Waals surface area contributed by atoms with Gasteiger partial charge in [0.25, 0.3) is 0 Å². The zero-order valence-corrected chi connectivity index (χ0v) is 13.7. The summed E-state index contributed by atoms with van der Waals surface area (Å²) in [5.74, 6) is 0.656. The number of likely N-dealkylation sites (tertiary alicyclic amines) is 1. The predicted molar refractivity (Wildman–Crippen MR) is 83.2 cm³/mol. The van der Waals surface area contributed by atoms with E-state index in [0.29, 0.717) is 25.5 Å². The molecule has 7 heteroatoms. The van der Waals surface area contributed by atoms with E-state index in [1.165, 1.54) is 0 Å². The lowest BCUT2D eigenvalue weighted by Gasteiger charge is -2.31. The molecule has 1 N–H and O–H groups in total. The van der Waals surface area contributed by atoms with Gasteiger partial charge in [0.15, 0.2) is 0 Å². The molecule has 3 rings (SSSR count). The molecule has 1 aromatic heterocycles. The molecule has 2 fully saturated rings. The molecular weight excluding hydrogens is 300 g/mol. The summed E-state index contributed by atoms with van der Waals surface area (Å²) in [6, 6.07) is 0. The summed E-state index contributed by atoms with van der Waals surface area (Å²) in [6.45, 7) is 3.93. The van der Waals surface area contributed by atoms with Crippen LogP contribution in [0, 0.1) is 11.8 Å². The standard InChI is InChI=1S/C15H22N4O2S/c1-2-12-17-18-13(22-12)9-16-14(20)10-5-7-19(8-6-10)15(21)11-3-4-11/h10-11H,2-9H2,1H3,(H,16,20). The Kier molecular flexibility index (Phi) is 4.71. The Labute approximate surface area is 134 Å². The summed E-state index contributed by atoms with van der Waals surface area (Å²) < 4.78 is 0. The van der Waals surface area contributed by atoms with Gasteiger partial charge in [-0.1, -0.05) is 18.3 Å². The van der Waals surface area contributed by atoms with E-state index in [4.69, 9.17) is 0 Å². The molecule has 0 aromatic carbocycles. The molecule has 1 aliphatic carbocycles. The molecule has 22 heavy (non-hydrogen) atoms. The van der Waals surface area contributed by atoms with Crippen LogP contribution in [0.5, 0.6) is 0 Å². The number of carbonyl (C=O) groups excluding carboxylic acids is 2. The van der Waals surface area contributed by atoms with Crippen molar-refractivity contribution < 1.29 is 9.59 Å². The van der Waals surface area contributed by atoms with Crippen molar-refractivity contribution >= 4 is 23.2 Å². The Morgan fingerprint density at radius 3 is 2.41 bits per heavy atom. The minimum Gasteiger partial charge on any atom is -0.349 e. The first-order chi connectivity index (χ1) is 10.7. The lowest BCUT2D eigenvalue weighted by molar-refractivity contribution is -0.136. The highest BCUT2D eigenvalue weighted by atomic mass is 32.1. The average Bonchev–Trinajstić information content (AvgIpc) is 3.30. The molecule has 2 aliphatic rings. The predicted octanol–water partition coefficient (Wildman–Crippen LogP) is 1.37. The van der Waals surface area contributed by atoms with Crippen molar-refractivity contribution in [3.8, 4) is 0 Å². The fourth-order valence-electron chi connectivity index (χ4n) is 2.76. The lowest BCUT2D eigenvalue weighted by Crippen LogP contribution is -2.43. The Balaban J connectivity index is 1.42. The van der Waals surface area contributed by atoms with E-state index >= 15 is 0 Å². The first-order valence-corrected chi connectivity index (χ1v) is 8.86. The van der Waals surface area contributed by atoms with Gasteiger partial charge >= 0.3 is 0 Å². The van der Waals surface area contributed by atoms with E-state index in [1.54, 1.807) is 11.3 Å². The number of hydrogen-bond donors (Lipinski definition) is 1. The third-order valence-electron chi connectivity index (χ3n) is 4.33. The van der Waals surface area contributed by atoms with Crippen molar-refractivity contribution in [1.29, 1.82) is 0 Å². The maximum absolute atomic E-state index is 12.2. The second kappa shape index (κ2) is 6.73. The fourth-order valence-corrected chi connectivity index (χ4v) is 3.48. The van der Waals surface area contributed by atoms with E-state index in [2.05, 4.69) is 15.5 Å². The zero-order chi connectivity index (χ0) is 15.5. The van der Waals surface area contributed by atoms with Gasteiger partial charge in [0.1, 0.15) is 10.0 Å². The molecule has 6 nitrogen and oxygen atoms in total. The molecule has 1 saturated carbocycles.